The van der Waals surface area contributed by atoms with Crippen LogP contribution in [-0.2, 0) is 4.74 Å². The first-order valence-corrected chi connectivity index (χ1v) is 7.09. The van der Waals surface area contributed by atoms with Crippen molar-refractivity contribution < 1.29 is 13.5 Å². The molecule has 1 heterocycles. The van der Waals surface area contributed by atoms with Crippen LogP contribution in [0.4, 0.5) is 4.39 Å². The molecule has 1 aromatic heterocycles. The lowest BCUT2D eigenvalue weighted by Gasteiger charge is -2.17. The number of fused-ring (bicyclic) bond motifs is 1. The molecule has 0 bridgehead atoms. The molecule has 2 atom stereocenters. The standard InChI is InChI=1S/C16H22FNO2/c1-4-18-14(7-5-11(2)19-3)16-10-12-9-13(17)6-8-15(12)20-16/h6,8-11,14,18H,4-5,7H2,1-3H3. The van der Waals surface area contributed by atoms with Gasteiger partial charge in [-0.3, -0.25) is 0 Å². The quantitative estimate of drug-likeness (QED) is 0.830. The van der Waals surface area contributed by atoms with Crippen molar-refractivity contribution in [2.24, 2.45) is 0 Å². The summed E-state index contributed by atoms with van der Waals surface area (Å²) >= 11 is 0. The lowest BCUT2D eigenvalue weighted by atomic mass is 10.1. The molecule has 0 aliphatic carbocycles. The van der Waals surface area contributed by atoms with Crippen LogP contribution in [0.1, 0.15) is 38.5 Å². The minimum Gasteiger partial charge on any atom is -0.459 e. The zero-order valence-electron chi connectivity index (χ0n) is 12.3. The van der Waals surface area contributed by atoms with Gasteiger partial charge < -0.3 is 14.5 Å². The van der Waals surface area contributed by atoms with Crippen LogP contribution in [-0.4, -0.2) is 19.8 Å². The van der Waals surface area contributed by atoms with Gasteiger partial charge in [-0.2, -0.15) is 0 Å². The fourth-order valence-electron chi connectivity index (χ4n) is 2.32. The molecular weight excluding hydrogens is 257 g/mol. The van der Waals surface area contributed by atoms with Gasteiger partial charge in [0.05, 0.1) is 12.1 Å². The summed E-state index contributed by atoms with van der Waals surface area (Å²) in [7, 11) is 1.72. The van der Waals surface area contributed by atoms with Crippen molar-refractivity contribution in [1.82, 2.24) is 5.32 Å². The molecule has 2 unspecified atom stereocenters. The Kier molecular flexibility index (Phi) is 5.15. The summed E-state index contributed by atoms with van der Waals surface area (Å²) in [6, 6.07) is 6.65. The lowest BCUT2D eigenvalue weighted by Crippen LogP contribution is -2.22. The number of nitrogens with one attached hydrogen (secondary N) is 1. The first-order chi connectivity index (χ1) is 9.63. The summed E-state index contributed by atoms with van der Waals surface area (Å²) in [5.74, 6) is 0.619. The topological polar surface area (TPSA) is 34.4 Å². The molecule has 1 aromatic carbocycles. The number of hydrogen-bond acceptors (Lipinski definition) is 3. The third-order valence-corrected chi connectivity index (χ3v) is 3.56. The molecule has 2 rings (SSSR count). The van der Waals surface area contributed by atoms with E-state index in [1.807, 2.05) is 6.07 Å². The second-order valence-electron chi connectivity index (χ2n) is 5.06. The van der Waals surface area contributed by atoms with E-state index in [0.717, 1.165) is 36.1 Å². The van der Waals surface area contributed by atoms with Crippen molar-refractivity contribution in [3.05, 3.63) is 35.8 Å². The number of rotatable bonds is 7. The zero-order valence-corrected chi connectivity index (χ0v) is 12.3. The molecular formula is C16H22FNO2. The zero-order chi connectivity index (χ0) is 14.5. The van der Waals surface area contributed by atoms with Crippen molar-refractivity contribution in [3.8, 4) is 0 Å². The molecule has 110 valence electrons. The van der Waals surface area contributed by atoms with Gasteiger partial charge in [-0.1, -0.05) is 6.92 Å². The summed E-state index contributed by atoms with van der Waals surface area (Å²) in [6.45, 7) is 4.98. The smallest absolute Gasteiger partial charge is 0.134 e. The summed E-state index contributed by atoms with van der Waals surface area (Å²) in [5, 5.41) is 4.22. The second kappa shape index (κ2) is 6.86. The Labute approximate surface area is 119 Å². The van der Waals surface area contributed by atoms with Gasteiger partial charge in [0.2, 0.25) is 0 Å². The Morgan fingerprint density at radius 2 is 2.10 bits per heavy atom. The predicted molar refractivity (Wildman–Crippen MR) is 78.3 cm³/mol. The lowest BCUT2D eigenvalue weighted by molar-refractivity contribution is 0.105. The fourth-order valence-corrected chi connectivity index (χ4v) is 2.32. The maximum absolute atomic E-state index is 13.2. The molecule has 0 fully saturated rings. The van der Waals surface area contributed by atoms with Crippen LogP contribution >= 0.6 is 0 Å². The third-order valence-electron chi connectivity index (χ3n) is 3.56. The van der Waals surface area contributed by atoms with Crippen LogP contribution in [0.2, 0.25) is 0 Å². The van der Waals surface area contributed by atoms with Crippen LogP contribution in [0.5, 0.6) is 0 Å². The van der Waals surface area contributed by atoms with Crippen molar-refractivity contribution >= 4 is 11.0 Å². The van der Waals surface area contributed by atoms with E-state index in [1.54, 1.807) is 13.2 Å². The molecule has 2 aromatic rings. The van der Waals surface area contributed by atoms with Gasteiger partial charge in [0.15, 0.2) is 0 Å². The normalized spacial score (nSPS) is 14.6. The average molecular weight is 279 g/mol. The van der Waals surface area contributed by atoms with Gasteiger partial charge in [-0.15, -0.1) is 0 Å². The number of halogens is 1. The highest BCUT2D eigenvalue weighted by molar-refractivity contribution is 5.78. The molecule has 0 aliphatic heterocycles. The highest BCUT2D eigenvalue weighted by Gasteiger charge is 2.16. The minimum absolute atomic E-state index is 0.132. The summed E-state index contributed by atoms with van der Waals surface area (Å²) in [4.78, 5) is 0. The molecule has 0 saturated carbocycles. The Bertz CT molecular complexity index is 552. The van der Waals surface area contributed by atoms with Crippen molar-refractivity contribution in [2.75, 3.05) is 13.7 Å². The minimum atomic E-state index is -0.238. The fraction of sp³-hybridized carbons (Fsp3) is 0.500. The van der Waals surface area contributed by atoms with Crippen molar-refractivity contribution in [3.63, 3.8) is 0 Å². The highest BCUT2D eigenvalue weighted by Crippen LogP contribution is 2.27. The molecule has 0 saturated heterocycles. The Morgan fingerprint density at radius 3 is 2.80 bits per heavy atom. The van der Waals surface area contributed by atoms with E-state index in [1.165, 1.54) is 12.1 Å². The summed E-state index contributed by atoms with van der Waals surface area (Å²) in [5.41, 5.74) is 0.726. The Balaban J connectivity index is 2.17. The number of methoxy groups -OCH3 is 1. The van der Waals surface area contributed by atoms with Crippen LogP contribution in [0.25, 0.3) is 11.0 Å². The molecule has 3 nitrogen and oxygen atoms in total. The summed E-state index contributed by atoms with van der Waals surface area (Å²) < 4.78 is 24.3. The first kappa shape index (κ1) is 15.0. The molecule has 20 heavy (non-hydrogen) atoms. The van der Waals surface area contributed by atoms with E-state index in [4.69, 9.17) is 9.15 Å². The predicted octanol–water partition coefficient (Wildman–Crippen LogP) is 4.04. The van der Waals surface area contributed by atoms with Crippen LogP contribution in [0.3, 0.4) is 0 Å². The van der Waals surface area contributed by atoms with Gasteiger partial charge in [-0.25, -0.2) is 4.39 Å². The van der Waals surface area contributed by atoms with Crippen molar-refractivity contribution in [1.29, 1.82) is 0 Å². The SMILES string of the molecule is CCNC(CCC(C)OC)c1cc2cc(F)ccc2o1. The van der Waals surface area contributed by atoms with Crippen LogP contribution in [0.15, 0.2) is 28.7 Å². The van der Waals surface area contributed by atoms with E-state index >= 15 is 0 Å². The van der Waals surface area contributed by atoms with Crippen LogP contribution in [0, 0.1) is 5.82 Å². The molecule has 0 spiro atoms. The van der Waals surface area contributed by atoms with E-state index in [-0.39, 0.29) is 18.0 Å². The number of benzene rings is 1. The van der Waals surface area contributed by atoms with Crippen molar-refractivity contribution in [2.45, 2.75) is 38.8 Å². The average Bonchev–Trinajstić information content (AvgIpc) is 2.85. The third kappa shape index (κ3) is 3.58. The molecule has 4 heteroatoms. The monoisotopic (exact) mass is 279 g/mol. The van der Waals surface area contributed by atoms with E-state index in [9.17, 15) is 4.39 Å². The molecule has 0 aliphatic rings. The van der Waals surface area contributed by atoms with Gasteiger partial charge >= 0.3 is 0 Å². The number of hydrogen-bond donors (Lipinski definition) is 1. The van der Waals surface area contributed by atoms with Crippen LogP contribution < -0.4 is 5.32 Å². The highest BCUT2D eigenvalue weighted by atomic mass is 19.1. The summed E-state index contributed by atoms with van der Waals surface area (Å²) in [6.07, 6.45) is 2.09. The van der Waals surface area contributed by atoms with E-state index in [0.29, 0.717) is 0 Å². The molecule has 0 radical (unpaired) electrons. The van der Waals surface area contributed by atoms with Gasteiger partial charge in [-0.05, 0) is 50.6 Å². The number of ether oxygens (including phenoxy) is 1. The molecule has 0 amide bonds. The van der Waals surface area contributed by atoms with E-state index in [2.05, 4.69) is 19.2 Å². The van der Waals surface area contributed by atoms with Gasteiger partial charge in [0.25, 0.3) is 0 Å². The maximum atomic E-state index is 13.2. The van der Waals surface area contributed by atoms with Gasteiger partial charge in [0, 0.05) is 12.5 Å². The van der Waals surface area contributed by atoms with Gasteiger partial charge in [0.1, 0.15) is 17.2 Å². The second-order valence-corrected chi connectivity index (χ2v) is 5.06. The van der Waals surface area contributed by atoms with E-state index < -0.39 is 0 Å². The largest absolute Gasteiger partial charge is 0.459 e. The first-order valence-electron chi connectivity index (χ1n) is 7.09. The molecule has 1 N–H and O–H groups in total. The maximum Gasteiger partial charge on any atom is 0.134 e. The Hall–Kier alpha value is -1.39. The Morgan fingerprint density at radius 1 is 1.30 bits per heavy atom. The number of furan rings is 1.